The Bertz CT molecular complexity index is 439. The summed E-state index contributed by atoms with van der Waals surface area (Å²) in [5, 5.41) is 3.54. The first kappa shape index (κ1) is 16.4. The summed E-state index contributed by atoms with van der Waals surface area (Å²) < 4.78 is 13.6. The molecule has 0 aliphatic carbocycles. The van der Waals surface area contributed by atoms with Gasteiger partial charge >= 0.3 is 0 Å². The van der Waals surface area contributed by atoms with Crippen molar-refractivity contribution in [1.82, 2.24) is 15.2 Å². The molecule has 1 N–H and O–H groups in total. The predicted molar refractivity (Wildman–Crippen MR) is 84.7 cm³/mol. The highest BCUT2D eigenvalue weighted by atomic mass is 19.1. The topological polar surface area (TPSA) is 28.2 Å². The molecule has 1 aromatic heterocycles. The average Bonchev–Trinajstić information content (AvgIpc) is 2.74. The lowest BCUT2D eigenvalue weighted by Gasteiger charge is -2.44. The molecule has 0 bridgehead atoms. The largest absolute Gasteiger partial charge is 0.309 e. The smallest absolute Gasteiger partial charge is 0.141 e. The molecule has 1 aromatic rings. The molecular formula is C17H28FN3. The van der Waals surface area contributed by atoms with Crippen molar-refractivity contribution >= 4 is 0 Å². The number of halogens is 1. The van der Waals surface area contributed by atoms with E-state index in [0.717, 1.165) is 25.2 Å². The minimum atomic E-state index is -0.262. The van der Waals surface area contributed by atoms with Crippen LogP contribution >= 0.6 is 0 Å². The first-order chi connectivity index (χ1) is 10.1. The van der Waals surface area contributed by atoms with Crippen molar-refractivity contribution in [2.45, 2.75) is 58.0 Å². The van der Waals surface area contributed by atoms with Crippen LogP contribution in [-0.4, -0.2) is 35.1 Å². The van der Waals surface area contributed by atoms with Gasteiger partial charge < -0.3 is 5.32 Å². The minimum Gasteiger partial charge on any atom is -0.309 e. The Labute approximate surface area is 127 Å². The van der Waals surface area contributed by atoms with Gasteiger partial charge in [-0.05, 0) is 58.0 Å². The average molecular weight is 293 g/mol. The van der Waals surface area contributed by atoms with E-state index < -0.39 is 0 Å². The second-order valence-corrected chi connectivity index (χ2v) is 6.48. The number of pyridine rings is 1. The normalized spacial score (nSPS) is 19.2. The van der Waals surface area contributed by atoms with Crippen molar-refractivity contribution in [2.75, 3.05) is 19.6 Å². The lowest BCUT2D eigenvalue weighted by molar-refractivity contribution is 0.0837. The molecule has 1 fully saturated rings. The molecule has 0 saturated carbocycles. The Morgan fingerprint density at radius 3 is 2.48 bits per heavy atom. The van der Waals surface area contributed by atoms with Gasteiger partial charge in [-0.1, -0.05) is 19.8 Å². The standard InChI is InChI=1S/C17H28FN3/c1-4-20-16(14-11-15(18)13-19-12-14)17(2,3)21-9-7-5-6-8-10-21/h11-13,16,20H,4-10H2,1-3H3. The van der Waals surface area contributed by atoms with Crippen LogP contribution < -0.4 is 5.32 Å². The van der Waals surface area contributed by atoms with Crippen molar-refractivity contribution in [2.24, 2.45) is 0 Å². The molecule has 1 aliphatic heterocycles. The van der Waals surface area contributed by atoms with Crippen LogP contribution in [0.4, 0.5) is 4.39 Å². The number of likely N-dealkylation sites (tertiary alicyclic amines) is 1. The zero-order valence-corrected chi connectivity index (χ0v) is 13.5. The molecule has 3 nitrogen and oxygen atoms in total. The zero-order chi connectivity index (χ0) is 15.3. The van der Waals surface area contributed by atoms with Crippen LogP contribution in [-0.2, 0) is 0 Å². The van der Waals surface area contributed by atoms with E-state index in [4.69, 9.17) is 0 Å². The van der Waals surface area contributed by atoms with Gasteiger partial charge in [-0.25, -0.2) is 4.39 Å². The van der Waals surface area contributed by atoms with Crippen molar-refractivity contribution in [1.29, 1.82) is 0 Å². The Morgan fingerprint density at radius 1 is 1.24 bits per heavy atom. The summed E-state index contributed by atoms with van der Waals surface area (Å²) in [7, 11) is 0. The second kappa shape index (κ2) is 7.32. The number of nitrogens with zero attached hydrogens (tertiary/aromatic N) is 2. The number of nitrogens with one attached hydrogen (secondary N) is 1. The summed E-state index contributed by atoms with van der Waals surface area (Å²) >= 11 is 0. The van der Waals surface area contributed by atoms with Crippen LogP contribution in [0.1, 0.15) is 58.1 Å². The van der Waals surface area contributed by atoms with Crippen LogP contribution in [0.15, 0.2) is 18.5 Å². The van der Waals surface area contributed by atoms with Crippen LogP contribution in [0.2, 0.25) is 0 Å². The maximum absolute atomic E-state index is 13.6. The van der Waals surface area contributed by atoms with Gasteiger partial charge in [0.05, 0.1) is 12.2 Å². The van der Waals surface area contributed by atoms with Gasteiger partial charge in [0.15, 0.2) is 0 Å². The van der Waals surface area contributed by atoms with E-state index in [1.54, 1.807) is 12.3 Å². The SMILES string of the molecule is CCNC(c1cncc(F)c1)C(C)(C)N1CCCCCC1. The van der Waals surface area contributed by atoms with E-state index in [-0.39, 0.29) is 17.4 Å². The van der Waals surface area contributed by atoms with Gasteiger partial charge in [0.1, 0.15) is 5.82 Å². The fraction of sp³-hybridized carbons (Fsp3) is 0.706. The quantitative estimate of drug-likeness (QED) is 0.900. The first-order valence-electron chi connectivity index (χ1n) is 8.14. The Balaban J connectivity index is 2.26. The highest BCUT2D eigenvalue weighted by Gasteiger charge is 2.36. The first-order valence-corrected chi connectivity index (χ1v) is 8.14. The van der Waals surface area contributed by atoms with E-state index in [9.17, 15) is 4.39 Å². The summed E-state index contributed by atoms with van der Waals surface area (Å²) in [4.78, 5) is 6.58. The highest BCUT2D eigenvalue weighted by Crippen LogP contribution is 2.32. The van der Waals surface area contributed by atoms with E-state index in [1.807, 2.05) is 0 Å². The number of aromatic nitrogens is 1. The Hall–Kier alpha value is -1.00. The Kier molecular flexibility index (Phi) is 5.71. The van der Waals surface area contributed by atoms with Gasteiger partial charge in [0, 0.05) is 11.7 Å². The van der Waals surface area contributed by atoms with E-state index in [0.29, 0.717) is 0 Å². The molecule has 1 saturated heterocycles. The van der Waals surface area contributed by atoms with Gasteiger partial charge in [-0.3, -0.25) is 9.88 Å². The van der Waals surface area contributed by atoms with Crippen LogP contribution in [0.5, 0.6) is 0 Å². The molecule has 4 heteroatoms. The lowest BCUT2D eigenvalue weighted by atomic mass is 9.87. The summed E-state index contributed by atoms with van der Waals surface area (Å²) in [5.74, 6) is -0.262. The van der Waals surface area contributed by atoms with E-state index >= 15 is 0 Å². The third-order valence-corrected chi connectivity index (χ3v) is 4.60. The summed E-state index contributed by atoms with van der Waals surface area (Å²) in [6, 6.07) is 1.70. The molecule has 21 heavy (non-hydrogen) atoms. The molecule has 2 rings (SSSR count). The monoisotopic (exact) mass is 293 g/mol. The second-order valence-electron chi connectivity index (χ2n) is 6.48. The molecule has 0 spiro atoms. The molecular weight excluding hydrogens is 265 g/mol. The maximum Gasteiger partial charge on any atom is 0.141 e. The molecule has 0 radical (unpaired) electrons. The van der Waals surface area contributed by atoms with Crippen LogP contribution in [0.3, 0.4) is 0 Å². The number of hydrogen-bond acceptors (Lipinski definition) is 3. The van der Waals surface area contributed by atoms with Gasteiger partial charge in [-0.15, -0.1) is 0 Å². The molecule has 118 valence electrons. The third kappa shape index (κ3) is 4.01. The summed E-state index contributed by atoms with van der Waals surface area (Å²) in [6.45, 7) is 9.72. The molecule has 1 unspecified atom stereocenters. The van der Waals surface area contributed by atoms with E-state index in [1.165, 1.54) is 31.9 Å². The van der Waals surface area contributed by atoms with Crippen molar-refractivity contribution in [3.8, 4) is 0 Å². The van der Waals surface area contributed by atoms with Gasteiger partial charge in [-0.2, -0.15) is 0 Å². The fourth-order valence-electron chi connectivity index (χ4n) is 3.40. The summed E-state index contributed by atoms with van der Waals surface area (Å²) in [6.07, 6.45) is 8.20. The molecule has 1 atom stereocenters. The molecule has 0 aromatic carbocycles. The number of rotatable bonds is 5. The Morgan fingerprint density at radius 2 is 1.90 bits per heavy atom. The predicted octanol–water partition coefficient (Wildman–Crippen LogP) is 3.53. The lowest BCUT2D eigenvalue weighted by Crippen LogP contribution is -2.53. The number of hydrogen-bond donors (Lipinski definition) is 1. The third-order valence-electron chi connectivity index (χ3n) is 4.60. The highest BCUT2D eigenvalue weighted by molar-refractivity contribution is 5.20. The van der Waals surface area contributed by atoms with Crippen LogP contribution in [0, 0.1) is 5.82 Å². The van der Waals surface area contributed by atoms with Gasteiger partial charge in [0.2, 0.25) is 0 Å². The number of likely N-dealkylation sites (N-methyl/N-ethyl adjacent to an activating group) is 1. The van der Waals surface area contributed by atoms with E-state index in [2.05, 4.69) is 36.0 Å². The van der Waals surface area contributed by atoms with Crippen molar-refractivity contribution in [3.05, 3.63) is 29.8 Å². The van der Waals surface area contributed by atoms with Crippen molar-refractivity contribution < 1.29 is 4.39 Å². The summed E-state index contributed by atoms with van der Waals surface area (Å²) in [5.41, 5.74) is 0.877. The maximum atomic E-state index is 13.6. The minimum absolute atomic E-state index is 0.0597. The van der Waals surface area contributed by atoms with Gasteiger partial charge in [0.25, 0.3) is 0 Å². The van der Waals surface area contributed by atoms with Crippen LogP contribution in [0.25, 0.3) is 0 Å². The zero-order valence-electron chi connectivity index (χ0n) is 13.5. The molecule has 1 aliphatic rings. The fourth-order valence-corrected chi connectivity index (χ4v) is 3.40. The molecule has 2 heterocycles. The van der Waals surface area contributed by atoms with Crippen molar-refractivity contribution in [3.63, 3.8) is 0 Å². The molecule has 0 amide bonds.